The Kier molecular flexibility index (Phi) is 5.60. The van der Waals surface area contributed by atoms with Crippen molar-refractivity contribution in [3.8, 4) is 0 Å². The van der Waals surface area contributed by atoms with Gasteiger partial charge in [-0.05, 0) is 58.6 Å². The minimum absolute atomic E-state index is 0.0559. The maximum absolute atomic E-state index is 13.3. The number of piperidine rings is 1. The summed E-state index contributed by atoms with van der Waals surface area (Å²) >= 11 is 1.31. The summed E-state index contributed by atoms with van der Waals surface area (Å²) < 4.78 is 2.51. The maximum atomic E-state index is 13.3. The number of carbonyl (C=O) groups is 2. The van der Waals surface area contributed by atoms with Gasteiger partial charge in [-0.1, -0.05) is 36.0 Å². The topological polar surface area (TPSA) is 80.1 Å². The van der Waals surface area contributed by atoms with Gasteiger partial charge in [-0.2, -0.15) is 10.1 Å². The van der Waals surface area contributed by atoms with Crippen LogP contribution in [-0.4, -0.2) is 44.6 Å². The lowest BCUT2D eigenvalue weighted by Crippen LogP contribution is -2.39. The number of carbonyl (C=O) groups excluding carboxylic acids is 2. The van der Waals surface area contributed by atoms with Crippen LogP contribution in [0.5, 0.6) is 0 Å². The van der Waals surface area contributed by atoms with Gasteiger partial charge in [-0.15, -0.1) is 0 Å². The highest BCUT2D eigenvalue weighted by molar-refractivity contribution is 7.22. The lowest BCUT2D eigenvalue weighted by atomic mass is 10.00. The Morgan fingerprint density at radius 2 is 1.90 bits per heavy atom. The molecule has 3 heterocycles. The summed E-state index contributed by atoms with van der Waals surface area (Å²) in [6.45, 7) is 11.7. The standard InChI is InChI=1S/C23H29N5O2S/c1-14-8-10-16(11-9-14)20(29)25-22-24-19-18(31-22)17(26-28(19)23(3,4)5)21(30)27-12-6-7-15(2)13-27/h8-11,15H,6-7,12-13H2,1-5H3,(H,24,25,29). The zero-order chi connectivity index (χ0) is 22.3. The molecule has 0 aliphatic carbocycles. The molecule has 1 aliphatic rings. The van der Waals surface area contributed by atoms with Crippen LogP contribution in [0.2, 0.25) is 0 Å². The number of anilines is 1. The molecule has 1 N–H and O–H groups in total. The van der Waals surface area contributed by atoms with Crippen molar-refractivity contribution in [2.75, 3.05) is 18.4 Å². The van der Waals surface area contributed by atoms with Crippen molar-refractivity contribution in [1.82, 2.24) is 19.7 Å². The Balaban J connectivity index is 1.69. The summed E-state index contributed by atoms with van der Waals surface area (Å²) in [5, 5.41) is 8.03. The monoisotopic (exact) mass is 439 g/mol. The van der Waals surface area contributed by atoms with E-state index in [1.807, 2.05) is 44.7 Å². The number of fused-ring (bicyclic) bond motifs is 1. The number of benzene rings is 1. The van der Waals surface area contributed by atoms with Crippen LogP contribution in [0.25, 0.3) is 10.3 Å². The second-order valence-corrected chi connectivity index (χ2v) is 10.4. The van der Waals surface area contributed by atoms with Crippen LogP contribution < -0.4 is 5.32 Å². The quantitative estimate of drug-likeness (QED) is 0.642. The van der Waals surface area contributed by atoms with Crippen molar-refractivity contribution in [3.63, 3.8) is 0 Å². The number of thiazole rings is 1. The molecule has 8 heteroatoms. The fourth-order valence-electron chi connectivity index (χ4n) is 3.86. The number of hydrogen-bond donors (Lipinski definition) is 1. The molecule has 1 fully saturated rings. The highest BCUT2D eigenvalue weighted by Gasteiger charge is 2.31. The Labute approximate surface area is 186 Å². The predicted molar refractivity (Wildman–Crippen MR) is 124 cm³/mol. The van der Waals surface area contributed by atoms with E-state index in [0.717, 1.165) is 36.2 Å². The molecule has 31 heavy (non-hydrogen) atoms. The summed E-state index contributed by atoms with van der Waals surface area (Å²) in [5.74, 6) is 0.215. The molecular formula is C23H29N5O2S. The van der Waals surface area contributed by atoms with Gasteiger partial charge in [0.2, 0.25) is 0 Å². The van der Waals surface area contributed by atoms with Crippen LogP contribution in [0.4, 0.5) is 5.13 Å². The summed E-state index contributed by atoms with van der Waals surface area (Å²) in [6, 6.07) is 7.39. The Morgan fingerprint density at radius 3 is 2.55 bits per heavy atom. The van der Waals surface area contributed by atoms with Crippen LogP contribution in [0.1, 0.15) is 66.9 Å². The van der Waals surface area contributed by atoms with E-state index in [2.05, 4.69) is 22.3 Å². The van der Waals surface area contributed by atoms with Gasteiger partial charge in [0.05, 0.1) is 5.54 Å². The van der Waals surface area contributed by atoms with Gasteiger partial charge in [0, 0.05) is 18.7 Å². The molecule has 1 unspecified atom stereocenters. The van der Waals surface area contributed by atoms with Gasteiger partial charge < -0.3 is 4.90 Å². The zero-order valence-corrected chi connectivity index (χ0v) is 19.5. The molecule has 2 aromatic heterocycles. The number of hydrogen-bond acceptors (Lipinski definition) is 5. The average Bonchev–Trinajstić information content (AvgIpc) is 3.26. The van der Waals surface area contributed by atoms with E-state index in [0.29, 0.717) is 28.0 Å². The first-order chi connectivity index (χ1) is 14.6. The van der Waals surface area contributed by atoms with Gasteiger partial charge in [0.25, 0.3) is 11.8 Å². The Hall–Kier alpha value is -2.74. The molecule has 4 rings (SSSR count). The van der Waals surface area contributed by atoms with E-state index >= 15 is 0 Å². The van der Waals surface area contributed by atoms with Crippen LogP contribution in [-0.2, 0) is 5.54 Å². The average molecular weight is 440 g/mol. The first-order valence-electron chi connectivity index (χ1n) is 10.7. The number of rotatable bonds is 3. The van der Waals surface area contributed by atoms with Crippen molar-refractivity contribution < 1.29 is 9.59 Å². The van der Waals surface area contributed by atoms with Gasteiger partial charge in [-0.25, -0.2) is 4.68 Å². The highest BCUT2D eigenvalue weighted by Crippen LogP contribution is 2.33. The molecule has 1 aliphatic heterocycles. The third kappa shape index (κ3) is 4.35. The lowest BCUT2D eigenvalue weighted by Gasteiger charge is -2.30. The van der Waals surface area contributed by atoms with E-state index in [4.69, 9.17) is 0 Å². The summed E-state index contributed by atoms with van der Waals surface area (Å²) in [7, 11) is 0. The van der Waals surface area contributed by atoms with Crippen LogP contribution >= 0.6 is 11.3 Å². The predicted octanol–water partition coefficient (Wildman–Crippen LogP) is 4.68. The third-order valence-electron chi connectivity index (χ3n) is 5.54. The largest absolute Gasteiger partial charge is 0.337 e. The lowest BCUT2D eigenvalue weighted by molar-refractivity contribution is 0.0677. The minimum atomic E-state index is -0.349. The van der Waals surface area contributed by atoms with Crippen LogP contribution in [0.3, 0.4) is 0 Å². The van der Waals surface area contributed by atoms with Crippen molar-refractivity contribution >= 4 is 38.6 Å². The van der Waals surface area contributed by atoms with E-state index in [9.17, 15) is 9.59 Å². The zero-order valence-electron chi connectivity index (χ0n) is 18.7. The van der Waals surface area contributed by atoms with Gasteiger partial charge in [0.15, 0.2) is 16.5 Å². The molecule has 3 aromatic rings. The molecular weight excluding hydrogens is 410 g/mol. The number of aryl methyl sites for hydroxylation is 1. The first kappa shape index (κ1) is 21.5. The molecule has 1 aromatic carbocycles. The second kappa shape index (κ2) is 8.07. The second-order valence-electron chi connectivity index (χ2n) is 9.42. The molecule has 0 radical (unpaired) electrons. The van der Waals surface area contributed by atoms with Crippen molar-refractivity contribution in [1.29, 1.82) is 0 Å². The molecule has 2 amide bonds. The molecule has 7 nitrogen and oxygen atoms in total. The molecule has 1 atom stereocenters. The minimum Gasteiger partial charge on any atom is -0.337 e. The van der Waals surface area contributed by atoms with E-state index in [-0.39, 0.29) is 17.4 Å². The smallest absolute Gasteiger partial charge is 0.275 e. The Bertz CT molecular complexity index is 1120. The van der Waals surface area contributed by atoms with Crippen LogP contribution in [0, 0.1) is 12.8 Å². The Morgan fingerprint density at radius 1 is 1.19 bits per heavy atom. The van der Waals surface area contributed by atoms with E-state index in [1.165, 1.54) is 11.3 Å². The molecule has 1 saturated heterocycles. The number of nitrogens with zero attached hydrogens (tertiary/aromatic N) is 4. The van der Waals surface area contributed by atoms with Crippen molar-refractivity contribution in [3.05, 3.63) is 41.1 Å². The number of likely N-dealkylation sites (tertiary alicyclic amines) is 1. The van der Waals surface area contributed by atoms with Gasteiger partial charge in [-0.3, -0.25) is 14.9 Å². The maximum Gasteiger partial charge on any atom is 0.275 e. The third-order valence-corrected chi connectivity index (χ3v) is 6.51. The number of aromatic nitrogens is 3. The molecule has 164 valence electrons. The van der Waals surface area contributed by atoms with E-state index in [1.54, 1.807) is 16.8 Å². The van der Waals surface area contributed by atoms with Crippen molar-refractivity contribution in [2.24, 2.45) is 5.92 Å². The number of amides is 2. The fraction of sp³-hybridized carbons (Fsp3) is 0.478. The van der Waals surface area contributed by atoms with Crippen LogP contribution in [0.15, 0.2) is 24.3 Å². The van der Waals surface area contributed by atoms with E-state index < -0.39 is 0 Å². The number of nitrogens with one attached hydrogen (secondary N) is 1. The first-order valence-corrected chi connectivity index (χ1v) is 11.5. The fourth-order valence-corrected chi connectivity index (χ4v) is 4.78. The highest BCUT2D eigenvalue weighted by atomic mass is 32.1. The molecule has 0 bridgehead atoms. The summed E-state index contributed by atoms with van der Waals surface area (Å²) in [4.78, 5) is 32.5. The van der Waals surface area contributed by atoms with Gasteiger partial charge in [0.1, 0.15) is 4.70 Å². The normalized spacial score (nSPS) is 17.2. The summed E-state index contributed by atoms with van der Waals surface area (Å²) in [6.07, 6.45) is 2.15. The van der Waals surface area contributed by atoms with Gasteiger partial charge >= 0.3 is 0 Å². The molecule has 0 spiro atoms. The summed E-state index contributed by atoms with van der Waals surface area (Å²) in [5.41, 5.74) is 2.37. The SMILES string of the molecule is Cc1ccc(C(=O)Nc2nc3c(s2)c(C(=O)N2CCCC(C)C2)nn3C(C)(C)C)cc1. The van der Waals surface area contributed by atoms with Crippen molar-refractivity contribution in [2.45, 2.75) is 53.0 Å². The molecule has 0 saturated carbocycles.